The Bertz CT molecular complexity index is 597. The third-order valence-corrected chi connectivity index (χ3v) is 3.92. The zero-order valence-corrected chi connectivity index (χ0v) is 10.9. The molecule has 2 heterocycles. The molecule has 90 valence electrons. The van der Waals surface area contributed by atoms with E-state index in [1.54, 1.807) is 0 Å². The fourth-order valence-corrected chi connectivity index (χ4v) is 3.07. The van der Waals surface area contributed by atoms with Crippen LogP contribution in [0.5, 0.6) is 0 Å². The Morgan fingerprint density at radius 2 is 1.71 bits per heavy atom. The molecule has 0 saturated heterocycles. The summed E-state index contributed by atoms with van der Waals surface area (Å²) in [5, 5.41) is 0. The fraction of sp³-hybridized carbons (Fsp3) is 0.545. The standard InChI is InChI=1S/C11H13BrN4O/c12-8-7(6-4-2-1-3-5-6)13-9-10(14-8)16-11(17)15-9/h6H,1-5H2,(H2,13,14,15,16,17). The molecule has 0 aliphatic heterocycles. The Morgan fingerprint density at radius 1 is 1.06 bits per heavy atom. The van der Waals surface area contributed by atoms with Crippen molar-refractivity contribution < 1.29 is 0 Å². The van der Waals surface area contributed by atoms with Crippen LogP contribution in [0.4, 0.5) is 0 Å². The molecular formula is C11H13BrN4O. The Morgan fingerprint density at radius 3 is 2.41 bits per heavy atom. The molecule has 0 amide bonds. The number of imidazole rings is 1. The Kier molecular flexibility index (Phi) is 2.74. The van der Waals surface area contributed by atoms with Gasteiger partial charge < -0.3 is 0 Å². The lowest BCUT2D eigenvalue weighted by Crippen LogP contribution is -2.08. The predicted octanol–water partition coefficient (Wildman–Crippen LogP) is 2.46. The molecule has 0 spiro atoms. The molecule has 2 aromatic heterocycles. The third-order valence-electron chi connectivity index (χ3n) is 3.33. The molecule has 0 bridgehead atoms. The highest BCUT2D eigenvalue weighted by Crippen LogP contribution is 2.34. The number of rotatable bonds is 1. The first-order valence-electron chi connectivity index (χ1n) is 5.89. The molecular weight excluding hydrogens is 284 g/mol. The Labute approximate surface area is 106 Å². The van der Waals surface area contributed by atoms with Crippen molar-refractivity contribution in [2.75, 3.05) is 0 Å². The minimum absolute atomic E-state index is 0.257. The zero-order chi connectivity index (χ0) is 11.8. The van der Waals surface area contributed by atoms with Gasteiger partial charge in [-0.05, 0) is 28.8 Å². The van der Waals surface area contributed by atoms with Crippen LogP contribution in [-0.2, 0) is 0 Å². The van der Waals surface area contributed by atoms with Crippen LogP contribution in [0.1, 0.15) is 43.7 Å². The predicted molar refractivity (Wildman–Crippen MR) is 68.0 cm³/mol. The number of aromatic nitrogens is 4. The molecule has 1 saturated carbocycles. The molecule has 5 nitrogen and oxygen atoms in total. The van der Waals surface area contributed by atoms with Gasteiger partial charge in [-0.15, -0.1) is 0 Å². The first-order chi connectivity index (χ1) is 8.24. The average Bonchev–Trinajstić information content (AvgIpc) is 2.68. The molecule has 1 fully saturated rings. The lowest BCUT2D eigenvalue weighted by Gasteiger charge is -2.21. The summed E-state index contributed by atoms with van der Waals surface area (Å²) in [4.78, 5) is 25.3. The summed E-state index contributed by atoms with van der Waals surface area (Å²) in [7, 11) is 0. The summed E-state index contributed by atoms with van der Waals surface area (Å²) in [5.41, 5.74) is 1.79. The number of fused-ring (bicyclic) bond motifs is 1. The SMILES string of the molecule is O=c1[nH]c2nc(Br)c(C3CCCCC3)nc2[nH]1. The maximum Gasteiger partial charge on any atom is 0.326 e. The summed E-state index contributed by atoms with van der Waals surface area (Å²) in [5.74, 6) is 0.466. The third kappa shape index (κ3) is 2.01. The maximum atomic E-state index is 11.2. The largest absolute Gasteiger partial charge is 0.326 e. The molecule has 0 aromatic carbocycles. The maximum absolute atomic E-state index is 11.2. The van der Waals surface area contributed by atoms with Gasteiger partial charge in [-0.25, -0.2) is 14.8 Å². The molecule has 3 rings (SSSR count). The van der Waals surface area contributed by atoms with Crippen molar-refractivity contribution in [3.05, 3.63) is 20.8 Å². The first kappa shape index (κ1) is 11.0. The number of hydrogen-bond donors (Lipinski definition) is 2. The topological polar surface area (TPSA) is 74.4 Å². The highest BCUT2D eigenvalue weighted by atomic mass is 79.9. The number of nitrogens with zero attached hydrogens (tertiary/aromatic N) is 2. The highest BCUT2D eigenvalue weighted by Gasteiger charge is 2.21. The van der Waals surface area contributed by atoms with Gasteiger partial charge in [0, 0.05) is 5.92 Å². The molecule has 0 atom stereocenters. The number of nitrogens with one attached hydrogen (secondary N) is 2. The van der Waals surface area contributed by atoms with Gasteiger partial charge in [-0.1, -0.05) is 19.3 Å². The second-order valence-electron chi connectivity index (χ2n) is 4.51. The van der Waals surface area contributed by atoms with Crippen LogP contribution in [-0.4, -0.2) is 19.9 Å². The summed E-state index contributed by atoms with van der Waals surface area (Å²) in [6.07, 6.45) is 6.13. The summed E-state index contributed by atoms with van der Waals surface area (Å²) < 4.78 is 0.757. The molecule has 0 unspecified atom stereocenters. The van der Waals surface area contributed by atoms with E-state index in [0.29, 0.717) is 17.2 Å². The summed E-state index contributed by atoms with van der Waals surface area (Å²) in [6, 6.07) is 0. The van der Waals surface area contributed by atoms with Crippen LogP contribution >= 0.6 is 15.9 Å². The average molecular weight is 297 g/mol. The van der Waals surface area contributed by atoms with E-state index in [1.165, 1.54) is 19.3 Å². The smallest absolute Gasteiger partial charge is 0.289 e. The minimum atomic E-state index is -0.257. The second kappa shape index (κ2) is 4.25. The molecule has 1 aliphatic carbocycles. The summed E-state index contributed by atoms with van der Waals surface area (Å²) >= 11 is 3.45. The molecule has 0 radical (unpaired) electrons. The zero-order valence-electron chi connectivity index (χ0n) is 9.29. The van der Waals surface area contributed by atoms with Crippen LogP contribution in [0.15, 0.2) is 9.40 Å². The molecule has 6 heteroatoms. The van der Waals surface area contributed by atoms with Gasteiger partial charge in [0.05, 0.1) is 5.69 Å². The van der Waals surface area contributed by atoms with Gasteiger partial charge in [-0.3, -0.25) is 9.97 Å². The normalized spacial score (nSPS) is 17.7. The van der Waals surface area contributed by atoms with Gasteiger partial charge in [0.25, 0.3) is 0 Å². The van der Waals surface area contributed by atoms with Crippen molar-refractivity contribution >= 4 is 27.2 Å². The van der Waals surface area contributed by atoms with E-state index in [4.69, 9.17) is 0 Å². The molecule has 2 N–H and O–H groups in total. The van der Waals surface area contributed by atoms with E-state index >= 15 is 0 Å². The van der Waals surface area contributed by atoms with Gasteiger partial charge >= 0.3 is 5.69 Å². The second-order valence-corrected chi connectivity index (χ2v) is 5.26. The van der Waals surface area contributed by atoms with E-state index < -0.39 is 0 Å². The van der Waals surface area contributed by atoms with Crippen molar-refractivity contribution in [2.45, 2.75) is 38.0 Å². The van der Waals surface area contributed by atoms with Crippen LogP contribution in [0.25, 0.3) is 11.3 Å². The van der Waals surface area contributed by atoms with Gasteiger partial charge in [0.15, 0.2) is 11.3 Å². The van der Waals surface area contributed by atoms with Gasteiger partial charge in [0.1, 0.15) is 4.60 Å². The van der Waals surface area contributed by atoms with Crippen LogP contribution < -0.4 is 5.69 Å². The Balaban J connectivity index is 2.08. The van der Waals surface area contributed by atoms with E-state index in [-0.39, 0.29) is 5.69 Å². The quantitative estimate of drug-likeness (QED) is 0.849. The van der Waals surface area contributed by atoms with E-state index in [9.17, 15) is 4.79 Å². The Hall–Kier alpha value is -1.17. The highest BCUT2D eigenvalue weighted by molar-refractivity contribution is 9.10. The number of H-pyrrole nitrogens is 2. The van der Waals surface area contributed by atoms with Crippen molar-refractivity contribution in [1.29, 1.82) is 0 Å². The van der Waals surface area contributed by atoms with Crippen molar-refractivity contribution in [3.8, 4) is 0 Å². The molecule has 1 aliphatic rings. The number of aromatic amines is 2. The van der Waals surface area contributed by atoms with Crippen LogP contribution in [0.2, 0.25) is 0 Å². The van der Waals surface area contributed by atoms with E-state index in [0.717, 1.165) is 23.1 Å². The number of hydrogen-bond acceptors (Lipinski definition) is 3. The van der Waals surface area contributed by atoms with E-state index in [1.807, 2.05) is 0 Å². The van der Waals surface area contributed by atoms with Crippen molar-refractivity contribution in [1.82, 2.24) is 19.9 Å². The van der Waals surface area contributed by atoms with Crippen molar-refractivity contribution in [3.63, 3.8) is 0 Å². The minimum Gasteiger partial charge on any atom is -0.289 e. The first-order valence-corrected chi connectivity index (χ1v) is 6.69. The molecule has 2 aromatic rings. The van der Waals surface area contributed by atoms with E-state index in [2.05, 4.69) is 35.9 Å². The van der Waals surface area contributed by atoms with Gasteiger partial charge in [-0.2, -0.15) is 0 Å². The van der Waals surface area contributed by atoms with Crippen molar-refractivity contribution in [2.24, 2.45) is 0 Å². The summed E-state index contributed by atoms with van der Waals surface area (Å²) in [6.45, 7) is 0. The van der Waals surface area contributed by atoms with Gasteiger partial charge in [0.2, 0.25) is 0 Å². The van der Waals surface area contributed by atoms with Crippen LogP contribution in [0.3, 0.4) is 0 Å². The fourth-order valence-electron chi connectivity index (χ4n) is 2.48. The monoisotopic (exact) mass is 296 g/mol. The molecule has 17 heavy (non-hydrogen) atoms. The van der Waals surface area contributed by atoms with Crippen LogP contribution in [0, 0.1) is 0 Å². The number of halogens is 1. The lowest BCUT2D eigenvalue weighted by atomic mass is 9.87. The lowest BCUT2D eigenvalue weighted by molar-refractivity contribution is 0.435.